The van der Waals surface area contributed by atoms with E-state index in [0.717, 1.165) is 18.5 Å². The average molecular weight is 293 g/mol. The molecular formula is C12H14F3NO2S. The number of rotatable bonds is 2. The molecule has 19 heavy (non-hydrogen) atoms. The molecule has 1 N–H and O–H groups in total. The van der Waals surface area contributed by atoms with Gasteiger partial charge in [-0.1, -0.05) is 12.1 Å². The van der Waals surface area contributed by atoms with Crippen molar-refractivity contribution in [3.63, 3.8) is 0 Å². The smallest absolute Gasteiger partial charge is 0.406 e. The lowest BCUT2D eigenvalue weighted by Crippen LogP contribution is -2.24. The van der Waals surface area contributed by atoms with E-state index in [1.165, 1.54) is 12.1 Å². The Morgan fingerprint density at radius 2 is 1.95 bits per heavy atom. The zero-order chi connectivity index (χ0) is 13.9. The van der Waals surface area contributed by atoms with Crippen LogP contribution in [0.15, 0.2) is 24.3 Å². The van der Waals surface area contributed by atoms with Gasteiger partial charge in [0.05, 0.1) is 0 Å². The molecule has 1 aromatic carbocycles. The molecule has 0 aliphatic carbocycles. The number of halogens is 3. The van der Waals surface area contributed by atoms with Gasteiger partial charge in [-0.3, -0.25) is 4.21 Å². The normalized spacial score (nSPS) is 24.8. The lowest BCUT2D eigenvalue weighted by Gasteiger charge is -2.16. The highest BCUT2D eigenvalue weighted by Gasteiger charge is 2.31. The minimum atomic E-state index is -4.68. The van der Waals surface area contributed by atoms with Gasteiger partial charge in [-0.05, 0) is 30.7 Å². The molecule has 0 aromatic heterocycles. The maximum Gasteiger partial charge on any atom is 0.573 e. The summed E-state index contributed by atoms with van der Waals surface area (Å²) in [6, 6.07) is 5.61. The molecule has 106 valence electrons. The molecule has 0 saturated carbocycles. The topological polar surface area (TPSA) is 38.3 Å². The van der Waals surface area contributed by atoms with Gasteiger partial charge < -0.3 is 10.1 Å². The SMILES string of the molecule is O=S1CCCNC(c2ccc(OC(F)(F)F)cc2)C1. The van der Waals surface area contributed by atoms with Gasteiger partial charge in [0.1, 0.15) is 5.75 Å². The molecule has 0 radical (unpaired) electrons. The number of alkyl halides is 3. The molecule has 1 saturated heterocycles. The molecule has 1 heterocycles. The van der Waals surface area contributed by atoms with E-state index in [2.05, 4.69) is 10.1 Å². The zero-order valence-corrected chi connectivity index (χ0v) is 10.9. The minimum Gasteiger partial charge on any atom is -0.406 e. The monoisotopic (exact) mass is 293 g/mol. The highest BCUT2D eigenvalue weighted by atomic mass is 32.2. The Morgan fingerprint density at radius 3 is 2.58 bits per heavy atom. The Morgan fingerprint density at radius 1 is 1.26 bits per heavy atom. The molecule has 0 amide bonds. The zero-order valence-electron chi connectivity index (χ0n) is 10.1. The van der Waals surface area contributed by atoms with Crippen molar-refractivity contribution in [1.29, 1.82) is 0 Å². The van der Waals surface area contributed by atoms with E-state index >= 15 is 0 Å². The quantitative estimate of drug-likeness (QED) is 0.910. The number of nitrogens with one attached hydrogen (secondary N) is 1. The van der Waals surface area contributed by atoms with Gasteiger partial charge in [0.2, 0.25) is 0 Å². The van der Waals surface area contributed by atoms with Crippen LogP contribution < -0.4 is 10.1 Å². The fraction of sp³-hybridized carbons (Fsp3) is 0.500. The van der Waals surface area contributed by atoms with E-state index < -0.39 is 17.2 Å². The second-order valence-electron chi connectivity index (χ2n) is 4.29. The third-order valence-electron chi connectivity index (χ3n) is 2.81. The second kappa shape index (κ2) is 5.92. The highest BCUT2D eigenvalue weighted by molar-refractivity contribution is 7.85. The summed E-state index contributed by atoms with van der Waals surface area (Å²) in [4.78, 5) is 0. The van der Waals surface area contributed by atoms with E-state index in [4.69, 9.17) is 0 Å². The number of hydrogen-bond donors (Lipinski definition) is 1. The van der Waals surface area contributed by atoms with Crippen molar-refractivity contribution in [3.8, 4) is 5.75 Å². The summed E-state index contributed by atoms with van der Waals surface area (Å²) in [5.74, 6) is 0.907. The van der Waals surface area contributed by atoms with Crippen molar-refractivity contribution in [2.75, 3.05) is 18.1 Å². The van der Waals surface area contributed by atoms with Gasteiger partial charge in [0, 0.05) is 28.3 Å². The van der Waals surface area contributed by atoms with Crippen LogP contribution in [0.2, 0.25) is 0 Å². The van der Waals surface area contributed by atoms with Gasteiger partial charge in [-0.15, -0.1) is 13.2 Å². The summed E-state index contributed by atoms with van der Waals surface area (Å²) in [6.45, 7) is 0.761. The first-order valence-corrected chi connectivity index (χ1v) is 7.37. The first-order valence-electron chi connectivity index (χ1n) is 5.88. The molecule has 1 fully saturated rings. The molecule has 0 bridgehead atoms. The van der Waals surface area contributed by atoms with Gasteiger partial charge in [-0.25, -0.2) is 0 Å². The third kappa shape index (κ3) is 4.50. The number of ether oxygens (including phenoxy) is 1. The Hall–Kier alpha value is -1.08. The van der Waals surface area contributed by atoms with Gasteiger partial charge in [-0.2, -0.15) is 0 Å². The van der Waals surface area contributed by atoms with Crippen LogP contribution in [0, 0.1) is 0 Å². The summed E-state index contributed by atoms with van der Waals surface area (Å²) in [6.07, 6.45) is -3.83. The van der Waals surface area contributed by atoms with Gasteiger partial charge in [0.15, 0.2) is 0 Å². The van der Waals surface area contributed by atoms with Crippen molar-refractivity contribution >= 4 is 10.8 Å². The van der Waals surface area contributed by atoms with E-state index in [1.807, 2.05) is 0 Å². The molecule has 7 heteroatoms. The molecule has 2 atom stereocenters. The van der Waals surface area contributed by atoms with Crippen molar-refractivity contribution < 1.29 is 22.1 Å². The molecule has 0 spiro atoms. The summed E-state index contributed by atoms with van der Waals surface area (Å²) in [5.41, 5.74) is 0.824. The number of benzene rings is 1. The Labute approximate surface area is 111 Å². The van der Waals surface area contributed by atoms with E-state index in [9.17, 15) is 17.4 Å². The third-order valence-corrected chi connectivity index (χ3v) is 4.26. The fourth-order valence-electron chi connectivity index (χ4n) is 1.95. The van der Waals surface area contributed by atoms with Gasteiger partial charge >= 0.3 is 6.36 Å². The van der Waals surface area contributed by atoms with Crippen LogP contribution in [0.5, 0.6) is 5.75 Å². The molecular weight excluding hydrogens is 279 g/mol. The lowest BCUT2D eigenvalue weighted by molar-refractivity contribution is -0.274. The molecule has 1 aliphatic rings. The van der Waals surface area contributed by atoms with Crippen molar-refractivity contribution in [3.05, 3.63) is 29.8 Å². The highest BCUT2D eigenvalue weighted by Crippen LogP contribution is 2.25. The lowest BCUT2D eigenvalue weighted by atomic mass is 10.1. The second-order valence-corrected chi connectivity index (χ2v) is 5.91. The van der Waals surface area contributed by atoms with E-state index in [0.29, 0.717) is 11.5 Å². The van der Waals surface area contributed by atoms with E-state index in [1.54, 1.807) is 12.1 Å². The van der Waals surface area contributed by atoms with Crippen LogP contribution >= 0.6 is 0 Å². The summed E-state index contributed by atoms with van der Waals surface area (Å²) in [7, 11) is -0.883. The Bertz CT molecular complexity index is 447. The Kier molecular flexibility index (Phi) is 4.46. The minimum absolute atomic E-state index is 0.0803. The van der Waals surface area contributed by atoms with Crippen molar-refractivity contribution in [2.24, 2.45) is 0 Å². The fourth-order valence-corrected chi connectivity index (χ4v) is 3.27. The molecule has 2 rings (SSSR count). The first-order chi connectivity index (χ1) is 8.94. The van der Waals surface area contributed by atoms with Crippen LogP contribution in [-0.2, 0) is 10.8 Å². The maximum atomic E-state index is 12.0. The largest absolute Gasteiger partial charge is 0.573 e. The van der Waals surface area contributed by atoms with Crippen LogP contribution in [0.4, 0.5) is 13.2 Å². The van der Waals surface area contributed by atoms with Crippen LogP contribution in [0.1, 0.15) is 18.0 Å². The van der Waals surface area contributed by atoms with Crippen molar-refractivity contribution in [2.45, 2.75) is 18.8 Å². The van der Waals surface area contributed by atoms with Crippen LogP contribution in [0.3, 0.4) is 0 Å². The standard InChI is InChI=1S/C12H14F3NO2S/c13-12(14,15)18-10-4-2-9(3-5-10)11-8-19(17)7-1-6-16-11/h2-5,11,16H,1,6-8H2. The summed E-state index contributed by atoms with van der Waals surface area (Å²) >= 11 is 0. The molecule has 1 aliphatic heterocycles. The maximum absolute atomic E-state index is 12.0. The Balaban J connectivity index is 2.07. The van der Waals surface area contributed by atoms with Crippen LogP contribution in [-0.4, -0.2) is 28.6 Å². The summed E-state index contributed by atoms with van der Waals surface area (Å²) in [5, 5.41) is 3.24. The molecule has 2 unspecified atom stereocenters. The number of hydrogen-bond acceptors (Lipinski definition) is 3. The van der Waals surface area contributed by atoms with Crippen molar-refractivity contribution in [1.82, 2.24) is 5.32 Å². The predicted octanol–water partition coefficient (Wildman–Crippen LogP) is 2.37. The van der Waals surface area contributed by atoms with Crippen LogP contribution in [0.25, 0.3) is 0 Å². The molecule has 1 aromatic rings. The first kappa shape index (κ1) is 14.3. The molecule has 3 nitrogen and oxygen atoms in total. The summed E-state index contributed by atoms with van der Waals surface area (Å²) < 4.78 is 51.5. The predicted molar refractivity (Wildman–Crippen MR) is 66.4 cm³/mol. The van der Waals surface area contributed by atoms with Gasteiger partial charge in [0.25, 0.3) is 0 Å². The van der Waals surface area contributed by atoms with E-state index in [-0.39, 0.29) is 11.8 Å². The average Bonchev–Trinajstić information content (AvgIpc) is 2.53.